The van der Waals surface area contributed by atoms with Crippen molar-refractivity contribution in [3.05, 3.63) is 48.2 Å². The highest BCUT2D eigenvalue weighted by molar-refractivity contribution is 5.85. The Balaban J connectivity index is 1.46. The van der Waals surface area contributed by atoms with Gasteiger partial charge in [0.1, 0.15) is 0 Å². The van der Waals surface area contributed by atoms with Gasteiger partial charge < -0.3 is 15.2 Å². The number of amides is 1. The van der Waals surface area contributed by atoms with Crippen LogP contribution in [0.2, 0.25) is 0 Å². The Morgan fingerprint density at radius 3 is 2.84 bits per heavy atom. The van der Waals surface area contributed by atoms with E-state index in [4.69, 9.17) is 0 Å². The predicted molar refractivity (Wildman–Crippen MR) is 101 cm³/mol. The molecule has 2 N–H and O–H groups in total. The predicted octanol–water partition coefficient (Wildman–Crippen LogP) is 2.07. The maximum atomic E-state index is 12.8. The van der Waals surface area contributed by atoms with E-state index in [-0.39, 0.29) is 11.9 Å². The third-order valence-corrected chi connectivity index (χ3v) is 5.45. The van der Waals surface area contributed by atoms with Gasteiger partial charge in [-0.1, -0.05) is 24.3 Å². The number of aromatic amines is 1. The molecule has 3 heterocycles. The lowest BCUT2D eigenvalue weighted by molar-refractivity contribution is -0.133. The molecule has 0 bridgehead atoms. The molecule has 1 atom stereocenters. The van der Waals surface area contributed by atoms with Crippen molar-refractivity contribution in [1.82, 2.24) is 20.1 Å². The second kappa shape index (κ2) is 7.02. The first-order valence-electron chi connectivity index (χ1n) is 9.20. The van der Waals surface area contributed by atoms with Crippen LogP contribution in [0, 0.1) is 0 Å². The highest BCUT2D eigenvalue weighted by Gasteiger charge is 2.28. The van der Waals surface area contributed by atoms with E-state index in [1.807, 2.05) is 11.0 Å². The molecule has 1 saturated heterocycles. The van der Waals surface area contributed by atoms with E-state index in [1.165, 1.54) is 22.2 Å². The number of carbonyl (C=O) groups excluding carboxylic acids is 1. The summed E-state index contributed by atoms with van der Waals surface area (Å²) in [4.78, 5) is 20.7. The third kappa shape index (κ3) is 3.22. The van der Waals surface area contributed by atoms with E-state index in [1.54, 1.807) is 0 Å². The molecule has 2 aromatic rings. The van der Waals surface area contributed by atoms with Gasteiger partial charge in [-0.3, -0.25) is 9.69 Å². The second-order valence-electron chi connectivity index (χ2n) is 6.99. The Morgan fingerprint density at radius 1 is 1.24 bits per heavy atom. The van der Waals surface area contributed by atoms with Gasteiger partial charge in [0.05, 0.1) is 6.04 Å². The minimum Gasteiger partial charge on any atom is -0.357 e. The van der Waals surface area contributed by atoms with Crippen molar-refractivity contribution in [2.24, 2.45) is 0 Å². The van der Waals surface area contributed by atoms with Gasteiger partial charge >= 0.3 is 0 Å². The first-order chi connectivity index (χ1) is 12.3. The van der Waals surface area contributed by atoms with Crippen LogP contribution in [-0.2, 0) is 11.2 Å². The Bertz CT molecular complexity index is 773. The van der Waals surface area contributed by atoms with Gasteiger partial charge in [-0.05, 0) is 24.6 Å². The van der Waals surface area contributed by atoms with E-state index in [9.17, 15) is 4.79 Å². The average molecular weight is 338 g/mol. The Labute approximate surface area is 148 Å². The van der Waals surface area contributed by atoms with Gasteiger partial charge in [-0.2, -0.15) is 0 Å². The molecule has 1 amide bonds. The fraction of sp³-hybridized carbons (Fsp3) is 0.450. The van der Waals surface area contributed by atoms with Crippen LogP contribution in [0.3, 0.4) is 0 Å². The van der Waals surface area contributed by atoms with Gasteiger partial charge in [0, 0.05) is 55.7 Å². The lowest BCUT2D eigenvalue weighted by atomic mass is 9.97. The zero-order valence-corrected chi connectivity index (χ0v) is 14.6. The van der Waals surface area contributed by atoms with E-state index in [0.29, 0.717) is 6.42 Å². The minimum absolute atomic E-state index is 0.0925. The molecule has 0 aliphatic carbocycles. The molecule has 132 valence electrons. The van der Waals surface area contributed by atoms with E-state index in [0.717, 1.165) is 45.7 Å². The number of aromatic nitrogens is 1. The van der Waals surface area contributed by atoms with E-state index >= 15 is 0 Å². The number of nitrogens with zero attached hydrogens (tertiary/aromatic N) is 2. The number of benzene rings is 1. The summed E-state index contributed by atoms with van der Waals surface area (Å²) < 4.78 is 0. The maximum absolute atomic E-state index is 12.8. The first-order valence-corrected chi connectivity index (χ1v) is 9.20. The van der Waals surface area contributed by atoms with Crippen LogP contribution in [0.15, 0.2) is 36.9 Å². The van der Waals surface area contributed by atoms with Gasteiger partial charge in [-0.15, -0.1) is 6.58 Å². The van der Waals surface area contributed by atoms with Crippen LogP contribution in [-0.4, -0.2) is 60.0 Å². The van der Waals surface area contributed by atoms with Gasteiger partial charge in [0.15, 0.2) is 0 Å². The molecule has 1 unspecified atom stereocenters. The monoisotopic (exact) mass is 338 g/mol. The summed E-state index contributed by atoms with van der Waals surface area (Å²) in [5.41, 5.74) is 3.75. The number of hydrogen-bond donors (Lipinski definition) is 2. The number of fused-ring (bicyclic) bond motifs is 3. The fourth-order valence-electron chi connectivity index (χ4n) is 4.10. The van der Waals surface area contributed by atoms with Crippen LogP contribution in [0.25, 0.3) is 10.9 Å². The van der Waals surface area contributed by atoms with Crippen LogP contribution in [0.4, 0.5) is 0 Å². The third-order valence-electron chi connectivity index (χ3n) is 5.45. The van der Waals surface area contributed by atoms with Crippen LogP contribution in [0.5, 0.6) is 0 Å². The summed E-state index contributed by atoms with van der Waals surface area (Å²) in [6.45, 7) is 9.14. The molecule has 5 nitrogen and oxygen atoms in total. The molecule has 1 fully saturated rings. The van der Waals surface area contributed by atoms with Crippen LogP contribution < -0.4 is 5.32 Å². The van der Waals surface area contributed by atoms with Crippen molar-refractivity contribution in [1.29, 1.82) is 0 Å². The highest BCUT2D eigenvalue weighted by Crippen LogP contribution is 2.31. The Hall–Kier alpha value is -2.11. The maximum Gasteiger partial charge on any atom is 0.224 e. The molecule has 0 saturated carbocycles. The zero-order chi connectivity index (χ0) is 17.2. The van der Waals surface area contributed by atoms with Crippen molar-refractivity contribution in [3.8, 4) is 0 Å². The number of para-hydroxylation sites is 1. The molecule has 0 spiro atoms. The lowest BCUT2D eigenvalue weighted by Crippen LogP contribution is -2.49. The molecule has 5 heteroatoms. The van der Waals surface area contributed by atoms with Crippen molar-refractivity contribution in [2.45, 2.75) is 18.9 Å². The second-order valence-corrected chi connectivity index (χ2v) is 6.99. The lowest BCUT2D eigenvalue weighted by Gasteiger charge is -2.35. The largest absolute Gasteiger partial charge is 0.357 e. The summed E-state index contributed by atoms with van der Waals surface area (Å²) in [5, 5.41) is 4.83. The Kier molecular flexibility index (Phi) is 4.59. The SMILES string of the molecule is C=CCN1CCN(C(=O)CC2NCCc3c2[nH]c2ccccc32)CC1. The molecule has 2 aliphatic rings. The number of hydrogen-bond acceptors (Lipinski definition) is 3. The number of carbonyl (C=O) groups is 1. The van der Waals surface area contributed by atoms with Gasteiger partial charge in [0.25, 0.3) is 0 Å². The first kappa shape index (κ1) is 16.4. The molecular weight excluding hydrogens is 312 g/mol. The quantitative estimate of drug-likeness (QED) is 0.839. The minimum atomic E-state index is 0.0925. The van der Waals surface area contributed by atoms with Gasteiger partial charge in [-0.25, -0.2) is 0 Å². The van der Waals surface area contributed by atoms with Crippen molar-refractivity contribution >= 4 is 16.8 Å². The normalized spacial score (nSPS) is 21.3. The zero-order valence-electron chi connectivity index (χ0n) is 14.6. The highest BCUT2D eigenvalue weighted by atomic mass is 16.2. The molecule has 2 aliphatic heterocycles. The Morgan fingerprint density at radius 2 is 2.04 bits per heavy atom. The molecular formula is C20H26N4O. The topological polar surface area (TPSA) is 51.4 Å². The average Bonchev–Trinajstić information content (AvgIpc) is 3.02. The number of piperazine rings is 1. The molecule has 1 aromatic heterocycles. The number of H-pyrrole nitrogens is 1. The summed E-state index contributed by atoms with van der Waals surface area (Å²) in [5.74, 6) is 0.252. The standard InChI is InChI=1S/C20H26N4O/c1-2-9-23-10-12-24(13-11-23)19(25)14-18-20-16(7-8-21-18)15-5-3-4-6-17(15)22-20/h2-6,18,21-22H,1,7-14H2. The van der Waals surface area contributed by atoms with E-state index in [2.05, 4.69) is 46.0 Å². The smallest absolute Gasteiger partial charge is 0.224 e. The molecule has 0 radical (unpaired) electrons. The van der Waals surface area contributed by atoms with Crippen molar-refractivity contribution in [3.63, 3.8) is 0 Å². The van der Waals surface area contributed by atoms with Crippen LogP contribution >= 0.6 is 0 Å². The molecule has 1 aromatic carbocycles. The van der Waals surface area contributed by atoms with Crippen molar-refractivity contribution in [2.75, 3.05) is 39.3 Å². The van der Waals surface area contributed by atoms with E-state index < -0.39 is 0 Å². The molecule has 4 rings (SSSR count). The summed E-state index contributed by atoms with van der Waals surface area (Å²) in [6.07, 6.45) is 3.48. The summed E-state index contributed by atoms with van der Waals surface area (Å²) in [7, 11) is 0. The number of nitrogens with one attached hydrogen (secondary N) is 2. The molecule has 25 heavy (non-hydrogen) atoms. The fourth-order valence-corrected chi connectivity index (χ4v) is 4.10. The number of rotatable bonds is 4. The summed E-state index contributed by atoms with van der Waals surface area (Å²) >= 11 is 0. The van der Waals surface area contributed by atoms with Crippen LogP contribution in [0.1, 0.15) is 23.7 Å². The summed E-state index contributed by atoms with van der Waals surface area (Å²) in [6, 6.07) is 8.52. The van der Waals surface area contributed by atoms with Crippen molar-refractivity contribution < 1.29 is 4.79 Å². The van der Waals surface area contributed by atoms with Gasteiger partial charge in [0.2, 0.25) is 5.91 Å².